The molecule has 0 fully saturated rings. The first-order valence-corrected chi connectivity index (χ1v) is 6.70. The van der Waals surface area contributed by atoms with Crippen molar-refractivity contribution in [3.63, 3.8) is 0 Å². The number of hydrogen-bond donors (Lipinski definition) is 2. The summed E-state index contributed by atoms with van der Waals surface area (Å²) in [6.07, 6.45) is 0.645. The number of carboxylic acids is 1. The van der Waals surface area contributed by atoms with Crippen LogP contribution >= 0.6 is 0 Å². The van der Waals surface area contributed by atoms with Gasteiger partial charge in [0.1, 0.15) is 6.04 Å². The van der Waals surface area contributed by atoms with Gasteiger partial charge in [0.15, 0.2) is 11.5 Å². The van der Waals surface area contributed by atoms with Gasteiger partial charge in [-0.1, -0.05) is 26.3 Å². The zero-order chi connectivity index (χ0) is 16.0. The number of amides is 1. The van der Waals surface area contributed by atoms with Crippen LogP contribution in [0.15, 0.2) is 18.2 Å². The van der Waals surface area contributed by atoms with Crippen LogP contribution in [0.4, 0.5) is 0 Å². The summed E-state index contributed by atoms with van der Waals surface area (Å²) in [7, 11) is 2.90. The van der Waals surface area contributed by atoms with E-state index in [4.69, 9.17) is 9.47 Å². The van der Waals surface area contributed by atoms with Crippen LogP contribution in [0.5, 0.6) is 11.5 Å². The number of para-hydroxylation sites is 1. The fourth-order valence-electron chi connectivity index (χ4n) is 1.97. The molecule has 0 saturated carbocycles. The minimum atomic E-state index is -1.06. The van der Waals surface area contributed by atoms with Crippen molar-refractivity contribution in [2.45, 2.75) is 26.3 Å². The molecule has 21 heavy (non-hydrogen) atoms. The van der Waals surface area contributed by atoms with E-state index >= 15 is 0 Å². The number of nitrogens with one attached hydrogen (secondary N) is 1. The van der Waals surface area contributed by atoms with Gasteiger partial charge in [0.25, 0.3) is 5.91 Å². The highest BCUT2D eigenvalue weighted by Gasteiger charge is 2.27. The molecule has 2 unspecified atom stereocenters. The third-order valence-electron chi connectivity index (χ3n) is 3.41. The highest BCUT2D eigenvalue weighted by molar-refractivity contribution is 5.99. The lowest BCUT2D eigenvalue weighted by molar-refractivity contribution is -0.140. The zero-order valence-corrected chi connectivity index (χ0v) is 12.7. The summed E-state index contributed by atoms with van der Waals surface area (Å²) >= 11 is 0. The lowest BCUT2D eigenvalue weighted by Crippen LogP contribution is -2.45. The minimum absolute atomic E-state index is 0.178. The second-order valence-electron chi connectivity index (χ2n) is 4.72. The Morgan fingerprint density at radius 3 is 2.43 bits per heavy atom. The van der Waals surface area contributed by atoms with E-state index in [9.17, 15) is 14.7 Å². The molecule has 1 amide bonds. The lowest BCUT2D eigenvalue weighted by atomic mass is 9.99. The first kappa shape index (κ1) is 16.8. The van der Waals surface area contributed by atoms with Crippen molar-refractivity contribution < 1.29 is 24.2 Å². The monoisotopic (exact) mass is 295 g/mol. The van der Waals surface area contributed by atoms with Gasteiger partial charge in [-0.2, -0.15) is 0 Å². The number of carbonyl (C=O) groups is 2. The number of carbonyl (C=O) groups excluding carboxylic acids is 1. The van der Waals surface area contributed by atoms with Gasteiger partial charge in [0.05, 0.1) is 19.8 Å². The summed E-state index contributed by atoms with van der Waals surface area (Å²) in [5, 5.41) is 11.8. The van der Waals surface area contributed by atoms with Crippen molar-refractivity contribution in [3.8, 4) is 11.5 Å². The topological polar surface area (TPSA) is 84.9 Å². The van der Waals surface area contributed by atoms with Crippen LogP contribution in [0.25, 0.3) is 0 Å². The Labute approximate surface area is 124 Å². The third-order valence-corrected chi connectivity index (χ3v) is 3.41. The summed E-state index contributed by atoms with van der Waals surface area (Å²) in [6, 6.07) is 3.93. The molecule has 116 valence electrons. The van der Waals surface area contributed by atoms with Crippen molar-refractivity contribution >= 4 is 11.9 Å². The molecule has 6 heteroatoms. The maximum Gasteiger partial charge on any atom is 0.326 e. The van der Waals surface area contributed by atoms with E-state index in [0.29, 0.717) is 12.2 Å². The molecule has 2 N–H and O–H groups in total. The van der Waals surface area contributed by atoms with Crippen molar-refractivity contribution in [3.05, 3.63) is 23.8 Å². The van der Waals surface area contributed by atoms with Crippen LogP contribution in [0, 0.1) is 5.92 Å². The maximum atomic E-state index is 12.3. The lowest BCUT2D eigenvalue weighted by Gasteiger charge is -2.21. The molecular formula is C15H21NO5. The molecule has 0 aliphatic carbocycles. The first-order chi connectivity index (χ1) is 9.96. The van der Waals surface area contributed by atoms with E-state index < -0.39 is 17.9 Å². The highest BCUT2D eigenvalue weighted by Crippen LogP contribution is 2.30. The summed E-state index contributed by atoms with van der Waals surface area (Å²) in [5.74, 6) is -1.03. The number of methoxy groups -OCH3 is 2. The molecule has 1 rings (SSSR count). The SMILES string of the molecule is CCC(C)C(NC(=O)c1cccc(OC)c1OC)C(=O)O. The van der Waals surface area contributed by atoms with Crippen LogP contribution in [0.3, 0.4) is 0 Å². The van der Waals surface area contributed by atoms with Gasteiger partial charge in [-0.05, 0) is 18.1 Å². The molecule has 2 atom stereocenters. The van der Waals surface area contributed by atoms with Crippen LogP contribution in [0.2, 0.25) is 0 Å². The number of carboxylic acid groups (broad SMARTS) is 1. The smallest absolute Gasteiger partial charge is 0.326 e. The van der Waals surface area contributed by atoms with Crippen molar-refractivity contribution in [2.24, 2.45) is 5.92 Å². The van der Waals surface area contributed by atoms with Gasteiger partial charge in [-0.15, -0.1) is 0 Å². The Balaban J connectivity index is 3.06. The fraction of sp³-hybridized carbons (Fsp3) is 0.467. The molecule has 0 aromatic heterocycles. The molecule has 0 radical (unpaired) electrons. The third kappa shape index (κ3) is 3.87. The Kier molecular flexibility index (Phi) is 6.02. The molecule has 0 heterocycles. The van der Waals surface area contributed by atoms with E-state index in [1.807, 2.05) is 6.92 Å². The summed E-state index contributed by atoms with van der Waals surface area (Å²) in [4.78, 5) is 23.6. The molecule has 6 nitrogen and oxygen atoms in total. The normalized spacial score (nSPS) is 13.1. The fourth-order valence-corrected chi connectivity index (χ4v) is 1.97. The predicted octanol–water partition coefficient (Wildman–Crippen LogP) is 1.93. The van der Waals surface area contributed by atoms with Gasteiger partial charge < -0.3 is 19.9 Å². The number of ether oxygens (including phenoxy) is 2. The molecule has 0 aliphatic heterocycles. The van der Waals surface area contributed by atoms with E-state index in [2.05, 4.69) is 5.32 Å². The number of rotatable bonds is 7. The summed E-state index contributed by atoms with van der Waals surface area (Å²) < 4.78 is 10.3. The van der Waals surface area contributed by atoms with Gasteiger partial charge >= 0.3 is 5.97 Å². The van der Waals surface area contributed by atoms with Crippen molar-refractivity contribution in [2.75, 3.05) is 14.2 Å². The van der Waals surface area contributed by atoms with Crippen LogP contribution in [-0.2, 0) is 4.79 Å². The number of aliphatic carboxylic acids is 1. The average molecular weight is 295 g/mol. The second-order valence-corrected chi connectivity index (χ2v) is 4.72. The largest absolute Gasteiger partial charge is 0.493 e. The Morgan fingerprint density at radius 1 is 1.29 bits per heavy atom. The molecule has 0 saturated heterocycles. The van der Waals surface area contributed by atoms with Crippen LogP contribution in [-0.4, -0.2) is 37.2 Å². The summed E-state index contributed by atoms with van der Waals surface area (Å²) in [6.45, 7) is 3.65. The van der Waals surface area contributed by atoms with Crippen molar-refractivity contribution in [1.82, 2.24) is 5.32 Å². The molecule has 0 aliphatic rings. The van der Waals surface area contributed by atoms with E-state index in [1.165, 1.54) is 14.2 Å². The van der Waals surface area contributed by atoms with E-state index in [-0.39, 0.29) is 17.2 Å². The van der Waals surface area contributed by atoms with Gasteiger partial charge in [0.2, 0.25) is 0 Å². The first-order valence-electron chi connectivity index (χ1n) is 6.70. The average Bonchev–Trinajstić information content (AvgIpc) is 2.50. The van der Waals surface area contributed by atoms with Crippen LogP contribution < -0.4 is 14.8 Å². The Morgan fingerprint density at radius 2 is 1.95 bits per heavy atom. The van der Waals surface area contributed by atoms with Gasteiger partial charge in [-0.3, -0.25) is 4.79 Å². The molecule has 1 aromatic rings. The Bertz CT molecular complexity index is 515. The highest BCUT2D eigenvalue weighted by atomic mass is 16.5. The second kappa shape index (κ2) is 7.52. The van der Waals surface area contributed by atoms with E-state index in [1.54, 1.807) is 25.1 Å². The van der Waals surface area contributed by atoms with Crippen LogP contribution in [0.1, 0.15) is 30.6 Å². The predicted molar refractivity (Wildman–Crippen MR) is 77.9 cm³/mol. The zero-order valence-electron chi connectivity index (χ0n) is 12.7. The molecule has 0 spiro atoms. The van der Waals surface area contributed by atoms with Gasteiger partial charge in [0, 0.05) is 0 Å². The minimum Gasteiger partial charge on any atom is -0.493 e. The number of benzene rings is 1. The van der Waals surface area contributed by atoms with Gasteiger partial charge in [-0.25, -0.2) is 4.79 Å². The maximum absolute atomic E-state index is 12.3. The molecular weight excluding hydrogens is 274 g/mol. The summed E-state index contributed by atoms with van der Waals surface area (Å²) in [5.41, 5.74) is 0.242. The van der Waals surface area contributed by atoms with Crippen molar-refractivity contribution in [1.29, 1.82) is 0 Å². The quantitative estimate of drug-likeness (QED) is 0.803. The molecule has 1 aromatic carbocycles. The Hall–Kier alpha value is -2.24. The number of hydrogen-bond acceptors (Lipinski definition) is 4. The molecule has 0 bridgehead atoms. The standard InChI is InChI=1S/C15H21NO5/c1-5-9(2)12(15(18)19)16-14(17)10-7-6-8-11(20-3)13(10)21-4/h6-9,12H,5H2,1-4H3,(H,16,17)(H,18,19). The van der Waals surface area contributed by atoms with E-state index in [0.717, 1.165) is 0 Å².